The molecule has 0 aliphatic carbocycles. The van der Waals surface area contributed by atoms with Crippen LogP contribution in [0, 0.1) is 0 Å². The molecule has 160 valence electrons. The lowest BCUT2D eigenvalue weighted by Crippen LogP contribution is -2.29. The van der Waals surface area contributed by atoms with Gasteiger partial charge in [-0.15, -0.1) is 0 Å². The van der Waals surface area contributed by atoms with Gasteiger partial charge in [-0.2, -0.15) is 0 Å². The van der Waals surface area contributed by atoms with Gasteiger partial charge >= 0.3 is 0 Å². The molecule has 2 heterocycles. The second kappa shape index (κ2) is 8.35. The van der Waals surface area contributed by atoms with Crippen LogP contribution in [0.25, 0.3) is 11.0 Å². The first kappa shape index (κ1) is 20.1. The van der Waals surface area contributed by atoms with Crippen molar-refractivity contribution in [1.82, 2.24) is 4.90 Å². The van der Waals surface area contributed by atoms with Gasteiger partial charge in [0.2, 0.25) is 5.76 Å². The standard InChI is InChI=1S/C27H23NO4/c1-2-16-31-20-14-12-19(13-15-20)24-23-25(29)21-10-6-7-11-22(21)32-26(23)27(30)28(24)17-18-8-4-3-5-9-18/h3-15,24H,2,16-17H2,1H3/t24-/m0/s1. The van der Waals surface area contributed by atoms with E-state index in [1.54, 1.807) is 29.2 Å². The van der Waals surface area contributed by atoms with Gasteiger partial charge in [0.05, 0.1) is 23.6 Å². The molecule has 4 aromatic rings. The highest BCUT2D eigenvalue weighted by molar-refractivity contribution is 5.99. The van der Waals surface area contributed by atoms with Gasteiger partial charge < -0.3 is 14.1 Å². The van der Waals surface area contributed by atoms with Crippen LogP contribution in [0.3, 0.4) is 0 Å². The van der Waals surface area contributed by atoms with Gasteiger partial charge in [0, 0.05) is 6.54 Å². The molecular weight excluding hydrogens is 402 g/mol. The number of rotatable bonds is 6. The van der Waals surface area contributed by atoms with Crippen LogP contribution in [0.2, 0.25) is 0 Å². The van der Waals surface area contributed by atoms with Gasteiger partial charge in [-0.1, -0.05) is 61.5 Å². The third-order valence-electron chi connectivity index (χ3n) is 5.74. The zero-order chi connectivity index (χ0) is 22.1. The Morgan fingerprint density at radius 2 is 1.62 bits per heavy atom. The first-order valence-corrected chi connectivity index (χ1v) is 10.8. The van der Waals surface area contributed by atoms with Crippen LogP contribution in [0.15, 0.2) is 88.1 Å². The summed E-state index contributed by atoms with van der Waals surface area (Å²) >= 11 is 0. The number of amides is 1. The van der Waals surface area contributed by atoms with E-state index in [4.69, 9.17) is 9.15 Å². The molecule has 0 radical (unpaired) electrons. The minimum atomic E-state index is -0.529. The number of carbonyl (C=O) groups excluding carboxylic acids is 1. The van der Waals surface area contributed by atoms with E-state index in [-0.39, 0.29) is 17.1 Å². The van der Waals surface area contributed by atoms with Crippen LogP contribution in [0.4, 0.5) is 0 Å². The van der Waals surface area contributed by atoms with Crippen molar-refractivity contribution >= 4 is 16.9 Å². The fraction of sp³-hybridized carbons (Fsp3) is 0.185. The molecule has 32 heavy (non-hydrogen) atoms. The molecule has 0 saturated carbocycles. The third kappa shape index (κ3) is 3.46. The largest absolute Gasteiger partial charge is 0.494 e. The lowest BCUT2D eigenvalue weighted by Gasteiger charge is -2.25. The van der Waals surface area contributed by atoms with Crippen molar-refractivity contribution in [3.8, 4) is 5.75 Å². The maximum Gasteiger partial charge on any atom is 0.291 e. The molecule has 0 unspecified atom stereocenters. The maximum absolute atomic E-state index is 13.5. The first-order valence-electron chi connectivity index (χ1n) is 10.8. The summed E-state index contributed by atoms with van der Waals surface area (Å²) in [7, 11) is 0. The van der Waals surface area contributed by atoms with Crippen molar-refractivity contribution in [2.75, 3.05) is 6.61 Å². The summed E-state index contributed by atoms with van der Waals surface area (Å²) in [6.07, 6.45) is 0.922. The maximum atomic E-state index is 13.5. The average Bonchev–Trinajstić information content (AvgIpc) is 3.10. The number of hydrogen-bond donors (Lipinski definition) is 0. The highest BCUT2D eigenvalue weighted by Crippen LogP contribution is 2.39. The molecule has 0 saturated heterocycles. The molecule has 0 bridgehead atoms. The van der Waals surface area contributed by atoms with Gasteiger partial charge in [-0.3, -0.25) is 9.59 Å². The van der Waals surface area contributed by atoms with Gasteiger partial charge in [0.25, 0.3) is 5.91 Å². The lowest BCUT2D eigenvalue weighted by molar-refractivity contribution is 0.0714. The minimum Gasteiger partial charge on any atom is -0.494 e. The van der Waals surface area contributed by atoms with E-state index < -0.39 is 6.04 Å². The Morgan fingerprint density at radius 1 is 0.906 bits per heavy atom. The first-order chi connectivity index (χ1) is 15.7. The number of carbonyl (C=O) groups is 1. The number of fused-ring (bicyclic) bond motifs is 2. The number of benzene rings is 3. The van der Waals surface area contributed by atoms with Crippen molar-refractivity contribution in [3.63, 3.8) is 0 Å². The van der Waals surface area contributed by atoms with Crippen molar-refractivity contribution in [3.05, 3.63) is 112 Å². The summed E-state index contributed by atoms with van der Waals surface area (Å²) in [6.45, 7) is 3.07. The lowest BCUT2D eigenvalue weighted by atomic mass is 9.98. The fourth-order valence-corrected chi connectivity index (χ4v) is 4.22. The number of para-hydroxylation sites is 1. The molecule has 1 amide bonds. The highest BCUT2D eigenvalue weighted by Gasteiger charge is 2.42. The summed E-state index contributed by atoms with van der Waals surface area (Å²) in [5.41, 5.74) is 2.49. The number of ether oxygens (including phenoxy) is 1. The summed E-state index contributed by atoms with van der Waals surface area (Å²) < 4.78 is 11.7. The van der Waals surface area contributed by atoms with Crippen LogP contribution < -0.4 is 10.2 Å². The van der Waals surface area contributed by atoms with E-state index in [1.807, 2.05) is 54.6 Å². The highest BCUT2D eigenvalue weighted by atomic mass is 16.5. The van der Waals surface area contributed by atoms with Crippen molar-refractivity contribution in [2.24, 2.45) is 0 Å². The second-order valence-corrected chi connectivity index (χ2v) is 7.91. The van der Waals surface area contributed by atoms with Crippen molar-refractivity contribution < 1.29 is 13.9 Å². The zero-order valence-electron chi connectivity index (χ0n) is 17.8. The molecule has 5 nitrogen and oxygen atoms in total. The number of hydrogen-bond acceptors (Lipinski definition) is 4. The fourth-order valence-electron chi connectivity index (χ4n) is 4.22. The van der Waals surface area contributed by atoms with Crippen LogP contribution in [0.5, 0.6) is 5.75 Å². The smallest absolute Gasteiger partial charge is 0.291 e. The summed E-state index contributed by atoms with van der Waals surface area (Å²) in [5.74, 6) is 0.615. The average molecular weight is 425 g/mol. The normalized spacial score (nSPS) is 15.2. The Kier molecular flexibility index (Phi) is 5.23. The summed E-state index contributed by atoms with van der Waals surface area (Å²) in [5, 5.41) is 0.480. The Hall–Kier alpha value is -3.86. The van der Waals surface area contributed by atoms with Gasteiger partial charge in [0.15, 0.2) is 5.43 Å². The molecule has 0 N–H and O–H groups in total. The summed E-state index contributed by atoms with van der Waals surface area (Å²) in [6, 6.07) is 23.9. The molecule has 5 rings (SSSR count). The predicted molar refractivity (Wildman–Crippen MR) is 123 cm³/mol. The van der Waals surface area contributed by atoms with Gasteiger partial charge in [0.1, 0.15) is 11.3 Å². The molecule has 5 heteroatoms. The molecular formula is C27H23NO4. The molecule has 1 aliphatic rings. The molecule has 1 aromatic heterocycles. The van der Waals surface area contributed by atoms with E-state index >= 15 is 0 Å². The molecule has 3 aromatic carbocycles. The molecule has 0 fully saturated rings. The summed E-state index contributed by atoms with van der Waals surface area (Å²) in [4.78, 5) is 28.7. The molecule has 1 aliphatic heterocycles. The van der Waals surface area contributed by atoms with Crippen LogP contribution in [0.1, 0.15) is 46.6 Å². The Bertz CT molecular complexity index is 1330. The van der Waals surface area contributed by atoms with E-state index in [9.17, 15) is 9.59 Å². The Balaban J connectivity index is 1.64. The van der Waals surface area contributed by atoms with Crippen LogP contribution in [-0.2, 0) is 6.54 Å². The third-order valence-corrected chi connectivity index (χ3v) is 5.74. The monoisotopic (exact) mass is 425 g/mol. The minimum absolute atomic E-state index is 0.126. The number of nitrogens with zero attached hydrogens (tertiary/aromatic N) is 1. The Labute approximate surface area is 185 Å². The van der Waals surface area contributed by atoms with E-state index in [1.165, 1.54) is 0 Å². The zero-order valence-corrected chi connectivity index (χ0v) is 17.8. The molecule has 1 atom stereocenters. The van der Waals surface area contributed by atoms with Crippen LogP contribution in [-0.4, -0.2) is 17.4 Å². The molecule has 0 spiro atoms. The SMILES string of the molecule is CCCOc1ccc([C@H]2c3c(oc4ccccc4c3=O)C(=O)N2Cc2ccccc2)cc1. The quantitative estimate of drug-likeness (QED) is 0.419. The van der Waals surface area contributed by atoms with Crippen LogP contribution >= 0.6 is 0 Å². The van der Waals surface area contributed by atoms with Gasteiger partial charge in [-0.25, -0.2) is 0 Å². The van der Waals surface area contributed by atoms with Crippen molar-refractivity contribution in [2.45, 2.75) is 25.9 Å². The topological polar surface area (TPSA) is 59.8 Å². The second-order valence-electron chi connectivity index (χ2n) is 7.91. The van der Waals surface area contributed by atoms with Gasteiger partial charge in [-0.05, 0) is 41.8 Å². The van der Waals surface area contributed by atoms with Crippen molar-refractivity contribution in [1.29, 1.82) is 0 Å². The van der Waals surface area contributed by atoms with E-state index in [0.29, 0.717) is 29.7 Å². The van der Waals surface area contributed by atoms with E-state index in [2.05, 4.69) is 6.92 Å². The predicted octanol–water partition coefficient (Wildman–Crippen LogP) is 5.33. The van der Waals surface area contributed by atoms with E-state index in [0.717, 1.165) is 23.3 Å². The Morgan fingerprint density at radius 3 is 2.38 bits per heavy atom.